The Kier molecular flexibility index (Phi) is 6.61. The standard InChI is InChI=1S/C34H50N2O3/c1-9-36-27(38)14-20-16-30(2,3)18-23-22(20)10-12-34(8)28(23)24(37)15-26-32(6)17-21(19-35)29(39)31(4,5)25(32)11-13-33(26,34)7/h17,20,22-23,25-26,28H,9-16,18H2,1-8H3,(H,36,38)/t20-,22-,23+,25+,26-,28+,32+,33-,34-/m1/s1. The second-order valence-corrected chi connectivity index (χ2v) is 16.1. The highest BCUT2D eigenvalue weighted by atomic mass is 16.1. The van der Waals surface area contributed by atoms with Crippen LogP contribution in [0, 0.1) is 73.9 Å². The SMILES string of the molecule is CCNC(=O)C[C@@H]1CC(C)(C)C[C@H]2[C@@H]1CC[C@]1(C)[C@@H]2C(=O)C[C@@H]2[C@@]3(C)C=C(C#N)C(=O)C(C)(C)[C@@H]3CC[C@]21C. The van der Waals surface area contributed by atoms with Crippen molar-refractivity contribution in [3.8, 4) is 6.07 Å². The van der Waals surface area contributed by atoms with E-state index >= 15 is 0 Å². The molecular formula is C34H50N2O3. The average Bonchev–Trinajstić information content (AvgIpc) is 2.82. The summed E-state index contributed by atoms with van der Waals surface area (Å²) < 4.78 is 0. The quantitative estimate of drug-likeness (QED) is 0.438. The largest absolute Gasteiger partial charge is 0.356 e. The minimum atomic E-state index is -0.603. The highest BCUT2D eigenvalue weighted by Gasteiger charge is 2.71. The molecule has 39 heavy (non-hydrogen) atoms. The van der Waals surface area contributed by atoms with Crippen LogP contribution in [0.15, 0.2) is 11.6 Å². The maximum absolute atomic E-state index is 14.5. The van der Waals surface area contributed by atoms with Gasteiger partial charge in [-0.15, -0.1) is 0 Å². The number of amides is 1. The van der Waals surface area contributed by atoms with Gasteiger partial charge in [0.25, 0.3) is 0 Å². The summed E-state index contributed by atoms with van der Waals surface area (Å²) in [6, 6.07) is 2.22. The molecule has 214 valence electrons. The van der Waals surface area contributed by atoms with E-state index in [-0.39, 0.29) is 56.7 Å². The molecular weight excluding hydrogens is 484 g/mol. The lowest BCUT2D eigenvalue weighted by molar-refractivity contribution is -0.214. The summed E-state index contributed by atoms with van der Waals surface area (Å²) >= 11 is 0. The molecule has 0 heterocycles. The number of hydrogen-bond donors (Lipinski definition) is 1. The molecule has 4 fully saturated rings. The molecule has 0 aromatic heterocycles. The Morgan fingerprint density at radius 2 is 1.64 bits per heavy atom. The van der Waals surface area contributed by atoms with Crippen LogP contribution in [0.25, 0.3) is 0 Å². The molecule has 0 radical (unpaired) electrons. The van der Waals surface area contributed by atoms with E-state index in [4.69, 9.17) is 0 Å². The van der Waals surface area contributed by atoms with Gasteiger partial charge in [0.05, 0.1) is 5.57 Å². The molecule has 5 aliphatic rings. The zero-order valence-electron chi connectivity index (χ0n) is 25.6. The molecule has 5 nitrogen and oxygen atoms in total. The summed E-state index contributed by atoms with van der Waals surface area (Å²) in [5.74, 6) is 1.84. The van der Waals surface area contributed by atoms with Crippen LogP contribution in [0.3, 0.4) is 0 Å². The van der Waals surface area contributed by atoms with Gasteiger partial charge in [0, 0.05) is 30.7 Å². The topological polar surface area (TPSA) is 87.0 Å². The lowest BCUT2D eigenvalue weighted by Gasteiger charge is -2.71. The number of Topliss-reactive ketones (excluding diaryl/α,β-unsaturated/α-hetero) is 2. The van der Waals surface area contributed by atoms with Gasteiger partial charge in [-0.25, -0.2) is 0 Å². The number of fused-ring (bicyclic) bond motifs is 7. The fourth-order valence-corrected chi connectivity index (χ4v) is 11.6. The Bertz CT molecular complexity index is 1160. The summed E-state index contributed by atoms with van der Waals surface area (Å²) in [6.45, 7) is 18.4. The second-order valence-electron chi connectivity index (χ2n) is 16.1. The Morgan fingerprint density at radius 3 is 2.28 bits per heavy atom. The van der Waals surface area contributed by atoms with Crippen LogP contribution in [0.2, 0.25) is 0 Å². The van der Waals surface area contributed by atoms with E-state index in [0.717, 1.165) is 38.5 Å². The normalized spacial score (nSPS) is 46.0. The minimum absolute atomic E-state index is 0.0200. The third-order valence-corrected chi connectivity index (χ3v) is 13.2. The lowest BCUT2D eigenvalue weighted by atomic mass is 9.32. The molecule has 5 heteroatoms. The molecule has 5 rings (SSSR count). The van der Waals surface area contributed by atoms with Gasteiger partial charge in [-0.3, -0.25) is 14.4 Å². The molecule has 4 saturated carbocycles. The molecule has 0 aliphatic heterocycles. The maximum Gasteiger partial charge on any atom is 0.220 e. The Labute approximate surface area is 235 Å². The van der Waals surface area contributed by atoms with Gasteiger partial charge in [0.1, 0.15) is 11.9 Å². The smallest absolute Gasteiger partial charge is 0.220 e. The number of carbonyl (C=O) groups is 3. The Morgan fingerprint density at radius 1 is 0.974 bits per heavy atom. The number of nitrogens with one attached hydrogen (secondary N) is 1. The second kappa shape index (κ2) is 9.02. The van der Waals surface area contributed by atoms with E-state index in [1.165, 1.54) is 0 Å². The van der Waals surface area contributed by atoms with E-state index in [1.54, 1.807) is 0 Å². The van der Waals surface area contributed by atoms with Crippen molar-refractivity contribution in [1.29, 1.82) is 5.26 Å². The highest BCUT2D eigenvalue weighted by molar-refractivity contribution is 6.04. The number of rotatable bonds is 3. The Hall–Kier alpha value is -1.96. The van der Waals surface area contributed by atoms with E-state index in [2.05, 4.69) is 46.0 Å². The number of allylic oxidation sites excluding steroid dienone is 2. The average molecular weight is 535 g/mol. The maximum atomic E-state index is 14.5. The number of ketones is 2. The van der Waals surface area contributed by atoms with Crippen LogP contribution in [0.1, 0.15) is 107 Å². The first kappa shape index (κ1) is 28.6. The van der Waals surface area contributed by atoms with Gasteiger partial charge in [0.15, 0.2) is 5.78 Å². The molecule has 5 aliphatic carbocycles. The van der Waals surface area contributed by atoms with Gasteiger partial charge in [-0.2, -0.15) is 5.26 Å². The third-order valence-electron chi connectivity index (χ3n) is 13.2. The van der Waals surface area contributed by atoms with Gasteiger partial charge in [-0.1, -0.05) is 54.5 Å². The van der Waals surface area contributed by atoms with Crippen molar-refractivity contribution in [2.75, 3.05) is 6.54 Å². The van der Waals surface area contributed by atoms with Crippen molar-refractivity contribution < 1.29 is 14.4 Å². The summed E-state index contributed by atoms with van der Waals surface area (Å²) in [4.78, 5) is 40.5. The van der Waals surface area contributed by atoms with Crippen molar-refractivity contribution >= 4 is 17.5 Å². The molecule has 0 aromatic carbocycles. The lowest BCUT2D eigenvalue weighted by Crippen LogP contribution is -2.67. The summed E-state index contributed by atoms with van der Waals surface area (Å²) in [5.41, 5.74) is -0.745. The highest BCUT2D eigenvalue weighted by Crippen LogP contribution is 2.74. The van der Waals surface area contributed by atoms with Crippen LogP contribution in [0.4, 0.5) is 0 Å². The molecule has 0 unspecified atom stereocenters. The van der Waals surface area contributed by atoms with E-state index in [1.807, 2.05) is 26.8 Å². The molecule has 0 bridgehead atoms. The fraction of sp³-hybridized carbons (Fsp3) is 0.824. The van der Waals surface area contributed by atoms with Crippen LogP contribution in [0.5, 0.6) is 0 Å². The molecule has 0 aromatic rings. The Balaban J connectivity index is 1.55. The van der Waals surface area contributed by atoms with Crippen molar-refractivity contribution in [2.24, 2.45) is 62.6 Å². The van der Waals surface area contributed by atoms with Gasteiger partial charge < -0.3 is 5.32 Å². The van der Waals surface area contributed by atoms with E-state index in [9.17, 15) is 19.6 Å². The number of carbonyl (C=O) groups excluding carboxylic acids is 3. The van der Waals surface area contributed by atoms with Gasteiger partial charge in [0.2, 0.25) is 5.91 Å². The molecule has 9 atom stereocenters. The van der Waals surface area contributed by atoms with Crippen molar-refractivity contribution in [3.05, 3.63) is 11.6 Å². The molecule has 1 N–H and O–H groups in total. The summed E-state index contributed by atoms with van der Waals surface area (Å²) in [6.07, 6.45) is 9.26. The van der Waals surface area contributed by atoms with E-state index in [0.29, 0.717) is 42.9 Å². The van der Waals surface area contributed by atoms with Crippen molar-refractivity contribution in [1.82, 2.24) is 5.32 Å². The fourth-order valence-electron chi connectivity index (χ4n) is 11.6. The first-order valence-electron chi connectivity index (χ1n) is 15.5. The number of hydrogen-bond acceptors (Lipinski definition) is 4. The van der Waals surface area contributed by atoms with Crippen LogP contribution >= 0.6 is 0 Å². The molecule has 0 saturated heterocycles. The third kappa shape index (κ3) is 3.93. The van der Waals surface area contributed by atoms with Gasteiger partial charge in [-0.05, 0) is 96.7 Å². The van der Waals surface area contributed by atoms with Crippen LogP contribution < -0.4 is 5.32 Å². The van der Waals surface area contributed by atoms with Gasteiger partial charge >= 0.3 is 0 Å². The van der Waals surface area contributed by atoms with E-state index < -0.39 is 5.41 Å². The van der Waals surface area contributed by atoms with Crippen LogP contribution in [-0.2, 0) is 14.4 Å². The zero-order chi connectivity index (χ0) is 28.8. The zero-order valence-corrected chi connectivity index (χ0v) is 25.6. The van der Waals surface area contributed by atoms with Crippen LogP contribution in [-0.4, -0.2) is 24.0 Å². The predicted molar refractivity (Wildman–Crippen MR) is 152 cm³/mol. The van der Waals surface area contributed by atoms with Crippen molar-refractivity contribution in [3.63, 3.8) is 0 Å². The number of nitrogens with zero attached hydrogens (tertiary/aromatic N) is 1. The molecule has 1 amide bonds. The summed E-state index contributed by atoms with van der Waals surface area (Å²) in [7, 11) is 0. The number of nitriles is 1. The monoisotopic (exact) mass is 534 g/mol. The predicted octanol–water partition coefficient (Wildman–Crippen LogP) is 6.67. The first-order chi connectivity index (χ1) is 18.1. The summed E-state index contributed by atoms with van der Waals surface area (Å²) in [5, 5.41) is 12.9. The minimum Gasteiger partial charge on any atom is -0.356 e. The first-order valence-corrected chi connectivity index (χ1v) is 15.5. The molecule has 0 spiro atoms. The van der Waals surface area contributed by atoms with Crippen molar-refractivity contribution in [2.45, 2.75) is 107 Å².